The van der Waals surface area contributed by atoms with Crippen LogP contribution in [0.25, 0.3) is 10.9 Å². The summed E-state index contributed by atoms with van der Waals surface area (Å²) >= 11 is 0. The van der Waals surface area contributed by atoms with Crippen molar-refractivity contribution in [1.29, 1.82) is 0 Å². The number of nitrogens with zero attached hydrogens (tertiary/aromatic N) is 1. The Morgan fingerprint density at radius 3 is 2.86 bits per heavy atom. The van der Waals surface area contributed by atoms with E-state index >= 15 is 0 Å². The number of H-pyrrole nitrogens is 1. The molecule has 0 spiro atoms. The smallest absolute Gasteiger partial charge is 0.320 e. The zero-order chi connectivity index (χ0) is 20.0. The fourth-order valence-electron chi connectivity index (χ4n) is 6.42. The molecule has 1 aliphatic carbocycles. The lowest BCUT2D eigenvalue weighted by atomic mass is 9.73. The van der Waals surface area contributed by atoms with E-state index in [0.29, 0.717) is 19.1 Å². The molecule has 3 heterocycles. The van der Waals surface area contributed by atoms with Gasteiger partial charge in [-0.3, -0.25) is 9.69 Å². The van der Waals surface area contributed by atoms with Crippen LogP contribution in [0.1, 0.15) is 24.1 Å². The first kappa shape index (κ1) is 19.1. The normalized spacial score (nSPS) is 32.3. The molecule has 1 saturated heterocycles. The van der Waals surface area contributed by atoms with Gasteiger partial charge in [0, 0.05) is 56.6 Å². The second kappa shape index (κ2) is 7.42. The summed E-state index contributed by atoms with van der Waals surface area (Å²) in [5.41, 5.74) is 2.91. The molecule has 1 aromatic carbocycles. The molecule has 5 atom stereocenters. The molecule has 6 heteroatoms. The minimum Gasteiger partial charge on any atom is -0.462 e. The molecule has 2 aromatic rings. The average Bonchev–Trinajstić information content (AvgIpc) is 3.32. The predicted octanol–water partition coefficient (Wildman–Crippen LogP) is 2.51. The van der Waals surface area contributed by atoms with Crippen LogP contribution >= 0.6 is 0 Å². The van der Waals surface area contributed by atoms with Crippen LogP contribution in [0, 0.1) is 11.8 Å². The molecule has 156 valence electrons. The van der Waals surface area contributed by atoms with Crippen LogP contribution < -0.4 is 0 Å². The van der Waals surface area contributed by atoms with E-state index in [2.05, 4.69) is 34.1 Å². The van der Waals surface area contributed by atoms with Gasteiger partial charge in [0.25, 0.3) is 0 Å². The number of nitrogens with one attached hydrogen (secondary N) is 1. The standard InChI is InChI=1S/C23H30N2O4/c1-27-10-8-15-13-16-14-25-9-7-18-17-5-3-4-6-19(17)24-20(18)23(16,21(15)25)22(26)29-12-11-28-2/h3-6,15-16,21,24H,7-14H2,1-2H3. The molecule has 29 heavy (non-hydrogen) atoms. The van der Waals surface area contributed by atoms with Gasteiger partial charge in [-0.05, 0) is 42.7 Å². The minimum absolute atomic E-state index is 0.0818. The van der Waals surface area contributed by atoms with Gasteiger partial charge in [0.05, 0.1) is 6.61 Å². The first-order valence-corrected chi connectivity index (χ1v) is 10.7. The van der Waals surface area contributed by atoms with Crippen LogP contribution in [0.2, 0.25) is 0 Å². The summed E-state index contributed by atoms with van der Waals surface area (Å²) in [5.74, 6) is 0.638. The number of hydrogen-bond donors (Lipinski definition) is 1. The molecule has 1 N–H and O–H groups in total. The molecule has 1 aromatic heterocycles. The third-order valence-electron chi connectivity index (χ3n) is 7.42. The van der Waals surface area contributed by atoms with Crippen LogP contribution in [0.3, 0.4) is 0 Å². The fourth-order valence-corrected chi connectivity index (χ4v) is 6.42. The van der Waals surface area contributed by atoms with Crippen LogP contribution in [0.4, 0.5) is 0 Å². The predicted molar refractivity (Wildman–Crippen MR) is 110 cm³/mol. The van der Waals surface area contributed by atoms with E-state index in [4.69, 9.17) is 14.2 Å². The average molecular weight is 399 g/mol. The summed E-state index contributed by atoms with van der Waals surface area (Å²) in [6.07, 6.45) is 3.00. The maximum atomic E-state index is 13.8. The van der Waals surface area contributed by atoms with E-state index < -0.39 is 5.41 Å². The molecular weight excluding hydrogens is 368 g/mol. The molecule has 0 amide bonds. The summed E-state index contributed by atoms with van der Waals surface area (Å²) in [6, 6.07) is 8.60. The summed E-state index contributed by atoms with van der Waals surface area (Å²) in [4.78, 5) is 20.0. The maximum Gasteiger partial charge on any atom is 0.320 e. The Hall–Kier alpha value is -1.89. The lowest BCUT2D eigenvalue weighted by Gasteiger charge is -2.35. The second-order valence-corrected chi connectivity index (χ2v) is 8.69. The highest BCUT2D eigenvalue weighted by Crippen LogP contribution is 2.59. The van der Waals surface area contributed by atoms with Crippen molar-refractivity contribution in [3.63, 3.8) is 0 Å². The monoisotopic (exact) mass is 398 g/mol. The van der Waals surface area contributed by atoms with Gasteiger partial charge in [-0.1, -0.05) is 18.2 Å². The number of aromatic nitrogens is 1. The Balaban J connectivity index is 1.64. The molecule has 1 saturated carbocycles. The molecule has 2 aliphatic heterocycles. The van der Waals surface area contributed by atoms with Crippen LogP contribution in [0.5, 0.6) is 0 Å². The topological polar surface area (TPSA) is 63.8 Å². The van der Waals surface area contributed by atoms with Crippen molar-refractivity contribution in [2.45, 2.75) is 30.7 Å². The molecule has 0 radical (unpaired) electrons. The van der Waals surface area contributed by atoms with Gasteiger partial charge in [-0.15, -0.1) is 0 Å². The van der Waals surface area contributed by atoms with Crippen molar-refractivity contribution < 1.29 is 19.0 Å². The molecule has 5 unspecified atom stereocenters. The number of aromatic amines is 1. The number of benzene rings is 1. The number of piperidine rings is 1. The van der Waals surface area contributed by atoms with Crippen molar-refractivity contribution in [2.75, 3.05) is 47.1 Å². The Morgan fingerprint density at radius 1 is 1.21 bits per heavy atom. The summed E-state index contributed by atoms with van der Waals surface area (Å²) in [6.45, 7) is 3.42. The Kier molecular flexibility index (Phi) is 4.88. The van der Waals surface area contributed by atoms with Gasteiger partial charge in [0.1, 0.15) is 12.0 Å². The van der Waals surface area contributed by atoms with Gasteiger partial charge >= 0.3 is 5.97 Å². The Labute approximate surface area is 171 Å². The zero-order valence-electron chi connectivity index (χ0n) is 17.3. The van der Waals surface area contributed by atoms with Gasteiger partial charge < -0.3 is 19.2 Å². The van der Waals surface area contributed by atoms with Crippen molar-refractivity contribution in [1.82, 2.24) is 9.88 Å². The third kappa shape index (κ3) is 2.69. The van der Waals surface area contributed by atoms with Gasteiger partial charge in [0.2, 0.25) is 0 Å². The number of carbonyl (C=O) groups is 1. The third-order valence-corrected chi connectivity index (χ3v) is 7.42. The van der Waals surface area contributed by atoms with E-state index in [9.17, 15) is 4.79 Å². The molecule has 4 bridgehead atoms. The van der Waals surface area contributed by atoms with Crippen molar-refractivity contribution in [3.8, 4) is 0 Å². The second-order valence-electron chi connectivity index (χ2n) is 8.69. The van der Waals surface area contributed by atoms with E-state index in [-0.39, 0.29) is 17.9 Å². The van der Waals surface area contributed by atoms with E-state index in [1.54, 1.807) is 14.2 Å². The highest BCUT2D eigenvalue weighted by Gasteiger charge is 2.69. The number of carbonyl (C=O) groups excluding carboxylic acids is 1. The highest BCUT2D eigenvalue weighted by atomic mass is 16.6. The summed E-state index contributed by atoms with van der Waals surface area (Å²) in [5, 5.41) is 1.24. The fraction of sp³-hybridized carbons (Fsp3) is 0.609. The molecule has 2 fully saturated rings. The van der Waals surface area contributed by atoms with Crippen molar-refractivity contribution >= 4 is 16.9 Å². The lowest BCUT2D eigenvalue weighted by molar-refractivity contribution is -0.154. The molecule has 5 rings (SSSR count). The van der Waals surface area contributed by atoms with E-state index in [0.717, 1.165) is 50.2 Å². The molecule has 6 nitrogen and oxygen atoms in total. The number of rotatable bonds is 7. The van der Waals surface area contributed by atoms with E-state index in [1.165, 1.54) is 10.9 Å². The zero-order valence-corrected chi connectivity index (χ0v) is 17.3. The first-order chi connectivity index (χ1) is 14.2. The Bertz CT molecular complexity index is 909. The van der Waals surface area contributed by atoms with Gasteiger partial charge in [0.15, 0.2) is 0 Å². The van der Waals surface area contributed by atoms with Crippen molar-refractivity contribution in [2.24, 2.45) is 11.8 Å². The van der Waals surface area contributed by atoms with Crippen LogP contribution in [0.15, 0.2) is 24.3 Å². The first-order valence-electron chi connectivity index (χ1n) is 10.7. The Morgan fingerprint density at radius 2 is 2.03 bits per heavy atom. The summed E-state index contributed by atoms with van der Waals surface area (Å²) < 4.78 is 16.4. The maximum absolute atomic E-state index is 13.8. The highest BCUT2D eigenvalue weighted by molar-refractivity contribution is 5.92. The van der Waals surface area contributed by atoms with Crippen LogP contribution in [-0.2, 0) is 30.8 Å². The number of hydrogen-bond acceptors (Lipinski definition) is 5. The molecular formula is C23H30N2O4. The quantitative estimate of drug-likeness (QED) is 0.574. The number of fused-ring (bicyclic) bond motifs is 3. The number of para-hydroxylation sites is 1. The van der Waals surface area contributed by atoms with Gasteiger partial charge in [-0.25, -0.2) is 0 Å². The number of ether oxygens (including phenoxy) is 3. The largest absolute Gasteiger partial charge is 0.462 e. The lowest BCUT2D eigenvalue weighted by Crippen LogP contribution is -2.50. The number of esters is 1. The summed E-state index contributed by atoms with van der Waals surface area (Å²) in [7, 11) is 3.39. The van der Waals surface area contributed by atoms with E-state index in [1.807, 2.05) is 0 Å². The van der Waals surface area contributed by atoms with Crippen molar-refractivity contribution in [3.05, 3.63) is 35.5 Å². The van der Waals surface area contributed by atoms with Crippen LogP contribution in [-0.4, -0.2) is 69.0 Å². The SMILES string of the molecule is COCCOC(=O)C12c3[nH]c4ccccc4c3CCN3CC1CC(CCOC)C32. The minimum atomic E-state index is -0.614. The number of methoxy groups -OCH3 is 2. The van der Waals surface area contributed by atoms with Gasteiger partial charge in [-0.2, -0.15) is 0 Å². The molecule has 3 aliphatic rings.